The average Bonchev–Trinajstić information content (AvgIpc) is 2.02. The van der Waals surface area contributed by atoms with Crippen molar-refractivity contribution in [2.24, 2.45) is 5.10 Å². The molecule has 0 spiro atoms. The first kappa shape index (κ1) is 8.11. The van der Waals surface area contributed by atoms with Gasteiger partial charge in [0.1, 0.15) is 0 Å². The van der Waals surface area contributed by atoms with Crippen molar-refractivity contribution in [3.8, 4) is 0 Å². The Kier molecular flexibility index (Phi) is 2.95. The average molecular weight is 154 g/mol. The van der Waals surface area contributed by atoms with Gasteiger partial charge in [-0.1, -0.05) is 0 Å². The topological polar surface area (TPSA) is 24.8 Å². The molecular formula is C8H14N2O. The first-order valence-corrected chi connectivity index (χ1v) is 3.83. The molecule has 0 aromatic carbocycles. The van der Waals surface area contributed by atoms with Crippen LogP contribution in [0, 0.1) is 0 Å². The Labute approximate surface area is 67.3 Å². The minimum absolute atomic E-state index is 0.781. The van der Waals surface area contributed by atoms with Crippen LogP contribution in [0.1, 0.15) is 13.3 Å². The van der Waals surface area contributed by atoms with Crippen LogP contribution in [0.25, 0.3) is 0 Å². The Bertz CT molecular complexity index is 175. The van der Waals surface area contributed by atoms with E-state index in [1.54, 1.807) is 6.26 Å². The van der Waals surface area contributed by atoms with Crippen LogP contribution in [-0.2, 0) is 4.74 Å². The van der Waals surface area contributed by atoms with Crippen LogP contribution in [0.15, 0.2) is 17.4 Å². The summed E-state index contributed by atoms with van der Waals surface area (Å²) in [5.41, 5.74) is 0.981. The van der Waals surface area contributed by atoms with Crippen LogP contribution in [0.5, 0.6) is 0 Å². The molecule has 0 aromatic rings. The van der Waals surface area contributed by atoms with Crippen LogP contribution in [0.2, 0.25) is 0 Å². The first-order valence-electron chi connectivity index (χ1n) is 3.83. The maximum Gasteiger partial charge on any atom is 0.0890 e. The smallest absolute Gasteiger partial charge is 0.0890 e. The molecule has 0 N–H and O–H groups in total. The van der Waals surface area contributed by atoms with E-state index >= 15 is 0 Å². The van der Waals surface area contributed by atoms with Gasteiger partial charge in [-0.3, -0.25) is 5.01 Å². The van der Waals surface area contributed by atoms with E-state index in [0.717, 1.165) is 25.3 Å². The molecule has 1 aliphatic rings. The summed E-state index contributed by atoms with van der Waals surface area (Å²) in [6.45, 7) is 3.70. The lowest BCUT2D eigenvalue weighted by atomic mass is 10.4. The summed E-state index contributed by atoms with van der Waals surface area (Å²) in [6, 6.07) is 0. The minimum Gasteiger partial charge on any atom is -0.501 e. The summed E-state index contributed by atoms with van der Waals surface area (Å²) in [4.78, 5) is 0. The lowest BCUT2D eigenvalue weighted by Gasteiger charge is -2.11. The fraction of sp³-hybridized carbons (Fsp3) is 0.625. The molecule has 0 radical (unpaired) electrons. The van der Waals surface area contributed by atoms with Gasteiger partial charge >= 0.3 is 0 Å². The predicted octanol–water partition coefficient (Wildman–Crippen LogP) is 1.23. The van der Waals surface area contributed by atoms with Gasteiger partial charge in [-0.25, -0.2) is 0 Å². The SMILES string of the molecule is CC1=N/N(C)CCCO\C=C\1. The highest BCUT2D eigenvalue weighted by Crippen LogP contribution is 1.95. The van der Waals surface area contributed by atoms with Crippen molar-refractivity contribution >= 4 is 5.71 Å². The third-order valence-corrected chi connectivity index (χ3v) is 1.48. The lowest BCUT2D eigenvalue weighted by Crippen LogP contribution is -2.14. The molecule has 11 heavy (non-hydrogen) atoms. The molecule has 1 heterocycles. The first-order chi connectivity index (χ1) is 5.29. The van der Waals surface area contributed by atoms with E-state index in [-0.39, 0.29) is 0 Å². The van der Waals surface area contributed by atoms with Crippen molar-refractivity contribution in [2.75, 3.05) is 20.2 Å². The fourth-order valence-corrected chi connectivity index (χ4v) is 0.944. The van der Waals surface area contributed by atoms with Crippen molar-refractivity contribution < 1.29 is 4.74 Å². The van der Waals surface area contributed by atoms with E-state index in [9.17, 15) is 0 Å². The van der Waals surface area contributed by atoms with E-state index in [1.807, 2.05) is 25.1 Å². The van der Waals surface area contributed by atoms with E-state index in [0.29, 0.717) is 0 Å². The third kappa shape index (κ3) is 3.07. The molecule has 0 saturated carbocycles. The van der Waals surface area contributed by atoms with Gasteiger partial charge in [0.25, 0.3) is 0 Å². The highest BCUT2D eigenvalue weighted by Gasteiger charge is 1.96. The summed E-state index contributed by atoms with van der Waals surface area (Å²) in [5, 5.41) is 6.22. The van der Waals surface area contributed by atoms with Gasteiger partial charge in [0.2, 0.25) is 0 Å². The highest BCUT2D eigenvalue weighted by atomic mass is 16.5. The summed E-state index contributed by atoms with van der Waals surface area (Å²) in [5.74, 6) is 0. The molecule has 0 bridgehead atoms. The zero-order valence-corrected chi connectivity index (χ0v) is 7.08. The monoisotopic (exact) mass is 154 g/mol. The molecule has 0 unspecified atom stereocenters. The number of ether oxygens (including phenoxy) is 1. The van der Waals surface area contributed by atoms with Crippen molar-refractivity contribution in [3.63, 3.8) is 0 Å². The van der Waals surface area contributed by atoms with Crippen LogP contribution in [0.4, 0.5) is 0 Å². The molecule has 0 fully saturated rings. The van der Waals surface area contributed by atoms with Gasteiger partial charge in [0, 0.05) is 20.0 Å². The quantitative estimate of drug-likeness (QED) is 0.524. The van der Waals surface area contributed by atoms with Gasteiger partial charge in [-0.05, 0) is 13.0 Å². The maximum atomic E-state index is 5.19. The van der Waals surface area contributed by atoms with Gasteiger partial charge in [-0.15, -0.1) is 0 Å². The summed E-state index contributed by atoms with van der Waals surface area (Å²) >= 11 is 0. The number of hydrazone groups is 1. The highest BCUT2D eigenvalue weighted by molar-refractivity contribution is 5.92. The normalized spacial score (nSPS) is 27.1. The zero-order chi connectivity index (χ0) is 8.10. The maximum absolute atomic E-state index is 5.19. The Hall–Kier alpha value is -0.990. The van der Waals surface area contributed by atoms with Crippen molar-refractivity contribution in [1.82, 2.24) is 5.01 Å². The van der Waals surface area contributed by atoms with Crippen molar-refractivity contribution in [1.29, 1.82) is 0 Å². The number of hydrogen-bond acceptors (Lipinski definition) is 3. The van der Waals surface area contributed by atoms with Gasteiger partial charge in [0.05, 0.1) is 18.6 Å². The Morgan fingerprint density at radius 1 is 1.64 bits per heavy atom. The number of hydrogen-bond donors (Lipinski definition) is 0. The molecule has 62 valence electrons. The van der Waals surface area contributed by atoms with E-state index < -0.39 is 0 Å². The van der Waals surface area contributed by atoms with Crippen LogP contribution in [0.3, 0.4) is 0 Å². The second-order valence-electron chi connectivity index (χ2n) is 2.65. The lowest BCUT2D eigenvalue weighted by molar-refractivity contribution is 0.224. The number of rotatable bonds is 0. The molecule has 0 atom stereocenters. The summed E-state index contributed by atoms with van der Waals surface area (Å²) in [6.07, 6.45) is 4.61. The number of nitrogens with zero attached hydrogens (tertiary/aromatic N) is 2. The van der Waals surface area contributed by atoms with Gasteiger partial charge in [0.15, 0.2) is 0 Å². The molecular weight excluding hydrogens is 140 g/mol. The fourth-order valence-electron chi connectivity index (χ4n) is 0.944. The van der Waals surface area contributed by atoms with Crippen LogP contribution >= 0.6 is 0 Å². The van der Waals surface area contributed by atoms with Crippen molar-refractivity contribution in [2.45, 2.75) is 13.3 Å². The van der Waals surface area contributed by atoms with Crippen molar-refractivity contribution in [3.05, 3.63) is 12.3 Å². The Balaban J connectivity index is 2.56. The molecule has 0 amide bonds. The molecule has 0 aliphatic carbocycles. The van der Waals surface area contributed by atoms with E-state index in [2.05, 4.69) is 5.10 Å². The van der Waals surface area contributed by atoms with Crippen LogP contribution in [-0.4, -0.2) is 30.9 Å². The van der Waals surface area contributed by atoms with E-state index in [1.165, 1.54) is 0 Å². The van der Waals surface area contributed by atoms with Crippen LogP contribution < -0.4 is 0 Å². The summed E-state index contributed by atoms with van der Waals surface area (Å²) < 4.78 is 5.19. The number of allylic oxidation sites excluding steroid dienone is 1. The second kappa shape index (κ2) is 4.01. The van der Waals surface area contributed by atoms with E-state index in [4.69, 9.17) is 4.74 Å². The Morgan fingerprint density at radius 3 is 3.27 bits per heavy atom. The van der Waals surface area contributed by atoms with Gasteiger partial charge in [-0.2, -0.15) is 5.10 Å². The molecule has 0 aromatic heterocycles. The minimum atomic E-state index is 0.781. The standard InChI is InChI=1S/C8H14N2O/c1-8-4-7-11-6-3-5-10(2)9-8/h4,7H,3,5-6H2,1-2H3/b7-4+,9-8-. The third-order valence-electron chi connectivity index (χ3n) is 1.48. The van der Waals surface area contributed by atoms with Gasteiger partial charge < -0.3 is 4.74 Å². The Morgan fingerprint density at radius 2 is 2.45 bits per heavy atom. The largest absolute Gasteiger partial charge is 0.501 e. The molecule has 1 aliphatic heterocycles. The molecule has 3 nitrogen and oxygen atoms in total. The molecule has 3 heteroatoms. The predicted molar refractivity (Wildman–Crippen MR) is 45.4 cm³/mol. The molecule has 0 saturated heterocycles. The molecule has 1 rings (SSSR count). The second-order valence-corrected chi connectivity index (χ2v) is 2.65. The zero-order valence-electron chi connectivity index (χ0n) is 7.08. The summed E-state index contributed by atoms with van der Waals surface area (Å²) in [7, 11) is 1.97.